The van der Waals surface area contributed by atoms with Crippen LogP contribution >= 0.6 is 0 Å². The van der Waals surface area contributed by atoms with Gasteiger partial charge in [0.25, 0.3) is 0 Å². The van der Waals surface area contributed by atoms with E-state index in [9.17, 15) is 10.1 Å². The number of nitriles is 1. The summed E-state index contributed by atoms with van der Waals surface area (Å²) in [5.41, 5.74) is 5.14. The smallest absolute Gasteiger partial charge is 0.316 e. The first-order valence-electron chi connectivity index (χ1n) is 10.4. The molecule has 1 fully saturated rings. The van der Waals surface area contributed by atoms with Gasteiger partial charge in [-0.05, 0) is 38.1 Å². The first-order valence-corrected chi connectivity index (χ1v) is 10.4. The van der Waals surface area contributed by atoms with Gasteiger partial charge >= 0.3 is 6.01 Å². The van der Waals surface area contributed by atoms with Crippen LogP contribution in [0, 0.1) is 25.2 Å². The fraction of sp³-hybridized carbons (Fsp3) is 0.348. The molecular formula is C23H25N7O2. The highest BCUT2D eigenvalue weighted by Crippen LogP contribution is 2.32. The number of anilines is 1. The highest BCUT2D eigenvalue weighted by molar-refractivity contribution is 5.80. The SMILES string of the molecule is COc1ncc(-c2cc(C#N)ccc2N2CCN(C(=O)Cn3nc(C)cc3C)CC2)cn1. The molecule has 4 rings (SSSR count). The van der Waals surface area contributed by atoms with E-state index in [1.807, 2.05) is 43.0 Å². The number of carbonyl (C=O) groups excluding carboxylic acids is 1. The average molecular weight is 432 g/mol. The number of amides is 1. The van der Waals surface area contributed by atoms with Crippen LogP contribution in [0.5, 0.6) is 6.01 Å². The van der Waals surface area contributed by atoms with E-state index in [1.165, 1.54) is 7.11 Å². The quantitative estimate of drug-likeness (QED) is 0.610. The molecule has 0 N–H and O–H groups in total. The van der Waals surface area contributed by atoms with E-state index in [-0.39, 0.29) is 12.5 Å². The van der Waals surface area contributed by atoms with Crippen LogP contribution in [0.2, 0.25) is 0 Å². The third-order valence-electron chi connectivity index (χ3n) is 5.61. The summed E-state index contributed by atoms with van der Waals surface area (Å²) in [5, 5.41) is 13.8. The van der Waals surface area contributed by atoms with Gasteiger partial charge < -0.3 is 14.5 Å². The number of hydrogen-bond acceptors (Lipinski definition) is 7. The molecule has 3 aromatic rings. The van der Waals surface area contributed by atoms with E-state index >= 15 is 0 Å². The average Bonchev–Trinajstić information content (AvgIpc) is 3.15. The van der Waals surface area contributed by atoms with Crippen LogP contribution in [-0.4, -0.2) is 63.8 Å². The molecule has 0 unspecified atom stereocenters. The second-order valence-corrected chi connectivity index (χ2v) is 7.75. The Bertz CT molecular complexity index is 1160. The predicted molar refractivity (Wildman–Crippen MR) is 119 cm³/mol. The summed E-state index contributed by atoms with van der Waals surface area (Å²) in [6.45, 7) is 6.77. The molecule has 9 heteroatoms. The molecule has 0 bridgehead atoms. The molecule has 164 valence electrons. The van der Waals surface area contributed by atoms with Gasteiger partial charge in [0, 0.05) is 61.1 Å². The molecule has 0 saturated carbocycles. The van der Waals surface area contributed by atoms with Crippen molar-refractivity contribution < 1.29 is 9.53 Å². The Morgan fingerprint density at radius 2 is 1.84 bits per heavy atom. The molecule has 1 aliphatic heterocycles. The molecule has 9 nitrogen and oxygen atoms in total. The van der Waals surface area contributed by atoms with Gasteiger partial charge in [0.15, 0.2) is 0 Å². The van der Waals surface area contributed by atoms with Gasteiger partial charge in [-0.3, -0.25) is 9.48 Å². The molecule has 32 heavy (non-hydrogen) atoms. The van der Waals surface area contributed by atoms with Crippen molar-refractivity contribution in [1.82, 2.24) is 24.6 Å². The maximum atomic E-state index is 12.8. The second-order valence-electron chi connectivity index (χ2n) is 7.75. The van der Waals surface area contributed by atoms with Gasteiger partial charge in [0.1, 0.15) is 6.54 Å². The molecule has 0 atom stereocenters. The number of ether oxygens (including phenoxy) is 1. The zero-order valence-electron chi connectivity index (χ0n) is 18.4. The fourth-order valence-corrected chi connectivity index (χ4v) is 3.93. The van der Waals surface area contributed by atoms with Crippen LogP contribution in [0.4, 0.5) is 5.69 Å². The Labute approximate surface area is 186 Å². The number of rotatable bonds is 5. The summed E-state index contributed by atoms with van der Waals surface area (Å²) < 4.78 is 6.81. The summed E-state index contributed by atoms with van der Waals surface area (Å²) in [6.07, 6.45) is 3.39. The minimum absolute atomic E-state index is 0.0689. The number of methoxy groups -OCH3 is 1. The number of piperazine rings is 1. The molecule has 1 aromatic carbocycles. The third kappa shape index (κ3) is 4.39. The predicted octanol–water partition coefficient (Wildman–Crippen LogP) is 2.19. The van der Waals surface area contributed by atoms with Crippen molar-refractivity contribution in [2.45, 2.75) is 20.4 Å². The van der Waals surface area contributed by atoms with Crippen molar-refractivity contribution in [2.75, 3.05) is 38.2 Å². The van der Waals surface area contributed by atoms with Crippen LogP contribution in [0.3, 0.4) is 0 Å². The topological polar surface area (TPSA) is 100 Å². The Morgan fingerprint density at radius 3 is 2.44 bits per heavy atom. The normalized spacial score (nSPS) is 13.7. The zero-order valence-corrected chi connectivity index (χ0v) is 18.4. The van der Waals surface area contributed by atoms with Crippen molar-refractivity contribution in [3.05, 3.63) is 53.6 Å². The molecular weight excluding hydrogens is 406 g/mol. The van der Waals surface area contributed by atoms with Crippen molar-refractivity contribution >= 4 is 11.6 Å². The largest absolute Gasteiger partial charge is 0.467 e. The number of carbonyl (C=O) groups is 1. The van der Waals surface area contributed by atoms with Crippen molar-refractivity contribution in [1.29, 1.82) is 5.26 Å². The van der Waals surface area contributed by atoms with Crippen LogP contribution < -0.4 is 9.64 Å². The lowest BCUT2D eigenvalue weighted by Crippen LogP contribution is -2.49. The van der Waals surface area contributed by atoms with E-state index in [4.69, 9.17) is 4.74 Å². The van der Waals surface area contributed by atoms with E-state index in [1.54, 1.807) is 17.1 Å². The van der Waals surface area contributed by atoms with Gasteiger partial charge in [0.05, 0.1) is 24.4 Å². The summed E-state index contributed by atoms with van der Waals surface area (Å²) in [5.74, 6) is 0.0689. The number of aromatic nitrogens is 4. The number of nitrogens with zero attached hydrogens (tertiary/aromatic N) is 7. The Kier molecular flexibility index (Phi) is 6.03. The first kappa shape index (κ1) is 21.3. The second kappa shape index (κ2) is 9.06. The van der Waals surface area contributed by atoms with E-state index in [0.717, 1.165) is 28.2 Å². The van der Waals surface area contributed by atoms with Gasteiger partial charge in [-0.1, -0.05) is 0 Å². The van der Waals surface area contributed by atoms with Crippen LogP contribution in [0.25, 0.3) is 11.1 Å². The van der Waals surface area contributed by atoms with Crippen LogP contribution in [-0.2, 0) is 11.3 Å². The van der Waals surface area contributed by atoms with E-state index in [2.05, 4.69) is 26.0 Å². The van der Waals surface area contributed by atoms with Gasteiger partial charge in [0.2, 0.25) is 5.91 Å². The lowest BCUT2D eigenvalue weighted by Gasteiger charge is -2.37. The highest BCUT2D eigenvalue weighted by atomic mass is 16.5. The molecule has 3 heterocycles. The Hall–Kier alpha value is -3.93. The van der Waals surface area contributed by atoms with Crippen molar-refractivity contribution in [3.8, 4) is 23.2 Å². The first-order chi connectivity index (χ1) is 15.5. The minimum Gasteiger partial charge on any atom is -0.467 e. The molecule has 0 aliphatic carbocycles. The molecule has 1 amide bonds. The Balaban J connectivity index is 1.50. The lowest BCUT2D eigenvalue weighted by atomic mass is 10.0. The van der Waals surface area contributed by atoms with Crippen LogP contribution in [0.15, 0.2) is 36.7 Å². The lowest BCUT2D eigenvalue weighted by molar-refractivity contribution is -0.132. The van der Waals surface area contributed by atoms with Crippen molar-refractivity contribution in [2.24, 2.45) is 0 Å². The van der Waals surface area contributed by atoms with E-state index in [0.29, 0.717) is 37.8 Å². The minimum atomic E-state index is 0.0689. The van der Waals surface area contributed by atoms with E-state index < -0.39 is 0 Å². The summed E-state index contributed by atoms with van der Waals surface area (Å²) in [7, 11) is 1.52. The zero-order chi connectivity index (χ0) is 22.7. The fourth-order valence-electron chi connectivity index (χ4n) is 3.93. The maximum absolute atomic E-state index is 12.8. The van der Waals surface area contributed by atoms with Gasteiger partial charge in [-0.15, -0.1) is 0 Å². The summed E-state index contributed by atoms with van der Waals surface area (Å²) >= 11 is 0. The molecule has 1 aliphatic rings. The molecule has 0 radical (unpaired) electrons. The van der Waals surface area contributed by atoms with Crippen LogP contribution in [0.1, 0.15) is 17.0 Å². The number of benzene rings is 1. The maximum Gasteiger partial charge on any atom is 0.316 e. The molecule has 2 aromatic heterocycles. The van der Waals surface area contributed by atoms with Gasteiger partial charge in [-0.2, -0.15) is 10.4 Å². The number of aryl methyl sites for hydroxylation is 2. The third-order valence-corrected chi connectivity index (χ3v) is 5.61. The number of hydrogen-bond donors (Lipinski definition) is 0. The molecule has 0 spiro atoms. The van der Waals surface area contributed by atoms with Gasteiger partial charge in [-0.25, -0.2) is 9.97 Å². The monoisotopic (exact) mass is 431 g/mol. The van der Waals surface area contributed by atoms with Crippen molar-refractivity contribution in [3.63, 3.8) is 0 Å². The Morgan fingerprint density at radius 1 is 1.12 bits per heavy atom. The highest BCUT2D eigenvalue weighted by Gasteiger charge is 2.24. The molecule has 1 saturated heterocycles. The summed E-state index contributed by atoms with van der Waals surface area (Å²) in [4.78, 5) is 25.3. The standard InChI is InChI=1S/C23H25N7O2/c1-16-10-17(2)30(27-16)15-22(31)29-8-6-28(7-9-29)21-5-4-18(12-24)11-20(21)19-13-25-23(32-3)26-14-19/h4-5,10-11,13-14H,6-9,15H2,1-3H3. The summed E-state index contributed by atoms with van der Waals surface area (Å²) in [6, 6.07) is 10.1.